The molecule has 6 N–H and O–H groups in total. The lowest BCUT2D eigenvalue weighted by atomic mass is 9.57. The van der Waals surface area contributed by atoms with E-state index in [1.807, 2.05) is 12.3 Å². The van der Waals surface area contributed by atoms with E-state index in [0.29, 0.717) is 24.2 Å². The Morgan fingerprint density at radius 2 is 1.86 bits per heavy atom. The molecule has 4 aliphatic rings. The van der Waals surface area contributed by atoms with Gasteiger partial charge in [-0.2, -0.15) is 11.8 Å². The van der Waals surface area contributed by atoms with Crippen molar-refractivity contribution in [2.24, 2.45) is 23.5 Å². The van der Waals surface area contributed by atoms with Crippen molar-refractivity contribution in [1.82, 2.24) is 4.90 Å². The number of carbonyl (C=O) groups is 2. The fourth-order valence-corrected chi connectivity index (χ4v) is 7.80. The molecule has 4 atom stereocenters. The highest BCUT2D eigenvalue weighted by atomic mass is 32.2. The summed E-state index contributed by atoms with van der Waals surface area (Å²) in [6, 6.07) is 2.05. The Kier molecular flexibility index (Phi) is 6.83. The molecule has 5 rings (SSSR count). The van der Waals surface area contributed by atoms with E-state index >= 15 is 0 Å². The van der Waals surface area contributed by atoms with Crippen LogP contribution in [0.4, 0.5) is 0 Å². The monoisotopic (exact) mass is 528 g/mol. The van der Waals surface area contributed by atoms with Crippen LogP contribution in [0.15, 0.2) is 23.0 Å². The number of rotatable bonds is 5. The second-order valence-corrected chi connectivity index (χ2v) is 12.1. The van der Waals surface area contributed by atoms with Gasteiger partial charge in [-0.15, -0.1) is 0 Å². The summed E-state index contributed by atoms with van der Waals surface area (Å²) in [5.74, 6) is -3.10. The van der Waals surface area contributed by atoms with Crippen LogP contribution in [0.5, 0.6) is 5.75 Å². The number of carbonyl (C=O) groups excluding carboxylic acids is 2. The Hall–Kier alpha value is -2.49. The summed E-state index contributed by atoms with van der Waals surface area (Å²) in [5, 5.41) is 44.7. The molecular weight excluding hydrogens is 492 g/mol. The second kappa shape index (κ2) is 9.67. The lowest BCUT2D eigenvalue weighted by molar-refractivity contribution is -0.136. The van der Waals surface area contributed by atoms with E-state index in [1.54, 1.807) is 11.8 Å². The lowest BCUT2D eigenvalue weighted by Gasteiger charge is -2.48. The van der Waals surface area contributed by atoms with E-state index in [1.165, 1.54) is 13.3 Å². The van der Waals surface area contributed by atoms with Crippen molar-refractivity contribution >= 4 is 29.2 Å². The highest BCUT2D eigenvalue weighted by molar-refractivity contribution is 7.97. The van der Waals surface area contributed by atoms with Crippen LogP contribution in [0, 0.1) is 17.8 Å². The molecule has 1 aromatic rings. The minimum atomic E-state index is -1.96. The lowest BCUT2D eigenvalue weighted by Crippen LogP contribution is -2.55. The average molecular weight is 529 g/mol. The van der Waals surface area contributed by atoms with E-state index in [2.05, 4.69) is 4.90 Å². The predicted molar refractivity (Wildman–Crippen MR) is 142 cm³/mol. The van der Waals surface area contributed by atoms with Crippen LogP contribution in [0.2, 0.25) is 0 Å². The summed E-state index contributed by atoms with van der Waals surface area (Å²) in [4.78, 5) is 28.4. The van der Waals surface area contributed by atoms with E-state index in [4.69, 9.17) is 5.73 Å². The number of amides is 1. The topological polar surface area (TPSA) is 144 Å². The minimum Gasteiger partial charge on any atom is -0.512 e. The number of allylic oxidation sites excluding steroid dienone is 2. The third kappa shape index (κ3) is 4.25. The molecule has 37 heavy (non-hydrogen) atoms. The molecule has 200 valence electrons. The number of phenols is 1. The average Bonchev–Trinajstić information content (AvgIpc) is 2.81. The number of piperidine rings is 1. The number of hydrogen-bond donors (Lipinski definition) is 5. The molecule has 1 heterocycles. The van der Waals surface area contributed by atoms with E-state index < -0.39 is 29.1 Å². The number of nitrogens with two attached hydrogens (primary N) is 1. The summed E-state index contributed by atoms with van der Waals surface area (Å²) < 4.78 is 0. The van der Waals surface area contributed by atoms with Gasteiger partial charge in [0.1, 0.15) is 22.9 Å². The van der Waals surface area contributed by atoms with E-state index in [-0.39, 0.29) is 40.8 Å². The first-order valence-electron chi connectivity index (χ1n) is 13.1. The van der Waals surface area contributed by atoms with Gasteiger partial charge in [0, 0.05) is 29.9 Å². The number of aliphatic hydroxyl groups excluding tert-OH is 2. The summed E-state index contributed by atoms with van der Waals surface area (Å²) in [6.45, 7) is 4.07. The van der Waals surface area contributed by atoms with Crippen molar-refractivity contribution in [1.29, 1.82) is 0 Å². The summed E-state index contributed by atoms with van der Waals surface area (Å²) in [7, 11) is 0. The highest BCUT2D eigenvalue weighted by Gasteiger charge is 2.57. The Labute approximate surface area is 221 Å². The number of aromatic hydroxyl groups is 1. The fraction of sp³-hybridized carbons (Fsp3) is 0.571. The maximum atomic E-state index is 13.9. The molecule has 0 aromatic heterocycles. The van der Waals surface area contributed by atoms with Gasteiger partial charge >= 0.3 is 0 Å². The van der Waals surface area contributed by atoms with Gasteiger partial charge in [-0.1, -0.05) is 6.42 Å². The van der Waals surface area contributed by atoms with Crippen LogP contribution >= 0.6 is 11.8 Å². The van der Waals surface area contributed by atoms with Crippen LogP contribution in [-0.2, 0) is 28.3 Å². The third-order valence-electron chi connectivity index (χ3n) is 8.78. The van der Waals surface area contributed by atoms with E-state index in [9.17, 15) is 30.0 Å². The second-order valence-electron chi connectivity index (χ2n) is 11.2. The number of thioether (sulfide) groups is 1. The fourth-order valence-electron chi connectivity index (χ4n) is 7.27. The SMILES string of the molecule is CSCc1cc(CN2CCCCC2)c2c(c1O)C(O)=C1C(=O)C3C(CC(O)=C(C(N)=O)C3(C)O)CC1C2. The van der Waals surface area contributed by atoms with Crippen molar-refractivity contribution in [2.45, 2.75) is 63.3 Å². The van der Waals surface area contributed by atoms with Crippen LogP contribution in [0.1, 0.15) is 61.3 Å². The number of likely N-dealkylation sites (tertiary alicyclic amines) is 1. The minimum absolute atomic E-state index is 0.00381. The molecule has 8 nitrogen and oxygen atoms in total. The summed E-state index contributed by atoms with van der Waals surface area (Å²) in [5.41, 5.74) is 6.31. The number of hydrogen-bond acceptors (Lipinski definition) is 8. The third-order valence-corrected chi connectivity index (χ3v) is 9.38. The Bertz CT molecular complexity index is 1210. The van der Waals surface area contributed by atoms with Crippen molar-refractivity contribution < 1.29 is 30.0 Å². The maximum absolute atomic E-state index is 13.9. The quantitative estimate of drug-likeness (QED) is 0.391. The van der Waals surface area contributed by atoms with Gasteiger partial charge < -0.3 is 26.2 Å². The number of fused-ring (bicyclic) bond motifs is 3. The number of benzene rings is 1. The van der Waals surface area contributed by atoms with E-state index in [0.717, 1.165) is 49.2 Å². The molecule has 1 saturated carbocycles. The van der Waals surface area contributed by atoms with Gasteiger partial charge in [0.25, 0.3) is 5.91 Å². The molecule has 1 aromatic carbocycles. The number of primary amides is 1. The molecule has 1 saturated heterocycles. The zero-order chi connectivity index (χ0) is 26.6. The number of Topliss-reactive ketones (excluding diaryl/α,β-unsaturated/α-hetero) is 1. The number of phenolic OH excluding ortho intramolecular Hbond substituents is 1. The maximum Gasteiger partial charge on any atom is 0.250 e. The van der Waals surface area contributed by atoms with Crippen molar-refractivity contribution in [3.63, 3.8) is 0 Å². The molecule has 0 bridgehead atoms. The molecule has 0 spiro atoms. The van der Waals surface area contributed by atoms with Crippen molar-refractivity contribution in [3.8, 4) is 5.75 Å². The Morgan fingerprint density at radius 3 is 2.51 bits per heavy atom. The summed E-state index contributed by atoms with van der Waals surface area (Å²) in [6.07, 6.45) is 6.49. The van der Waals surface area contributed by atoms with Gasteiger partial charge in [-0.05, 0) is 81.0 Å². The molecule has 4 unspecified atom stereocenters. The smallest absolute Gasteiger partial charge is 0.250 e. The zero-order valence-corrected chi connectivity index (χ0v) is 22.2. The van der Waals surface area contributed by atoms with Gasteiger partial charge in [0.15, 0.2) is 5.78 Å². The molecule has 1 aliphatic heterocycles. The van der Waals surface area contributed by atoms with Crippen LogP contribution in [-0.4, -0.2) is 62.0 Å². The Morgan fingerprint density at radius 1 is 1.16 bits per heavy atom. The normalized spacial score (nSPS) is 30.1. The van der Waals surface area contributed by atoms with Crippen LogP contribution in [0.25, 0.3) is 5.76 Å². The first-order valence-corrected chi connectivity index (χ1v) is 14.5. The highest BCUT2D eigenvalue weighted by Crippen LogP contribution is 2.54. The standard InChI is InChI=1S/C28H36N2O6S/c1-28(36)22-15(11-19(31)23(28)27(29)35)8-14-10-18-16(12-30-6-4-3-5-7-30)9-17(13-37-2)24(32)21(18)25(33)20(14)26(22)34/h9,14-15,22,31-33,36H,3-8,10-13H2,1-2H3,(H2,29,35). The van der Waals surface area contributed by atoms with Gasteiger partial charge in [-0.25, -0.2) is 0 Å². The number of nitrogens with zero attached hydrogens (tertiary/aromatic N) is 1. The number of ketones is 1. The molecule has 3 aliphatic carbocycles. The van der Waals surface area contributed by atoms with Gasteiger partial charge in [0.05, 0.1) is 17.1 Å². The molecule has 0 radical (unpaired) electrons. The molecule has 2 fully saturated rings. The zero-order valence-electron chi connectivity index (χ0n) is 21.4. The van der Waals surface area contributed by atoms with Gasteiger partial charge in [0.2, 0.25) is 0 Å². The van der Waals surface area contributed by atoms with Crippen molar-refractivity contribution in [3.05, 3.63) is 45.2 Å². The summed E-state index contributed by atoms with van der Waals surface area (Å²) >= 11 is 1.57. The van der Waals surface area contributed by atoms with Gasteiger partial charge in [-0.3, -0.25) is 14.5 Å². The number of aliphatic hydroxyl groups is 3. The Balaban J connectivity index is 1.62. The van der Waals surface area contributed by atoms with Crippen LogP contribution < -0.4 is 5.73 Å². The predicted octanol–water partition coefficient (Wildman–Crippen LogP) is 3.34. The molecule has 9 heteroatoms. The van der Waals surface area contributed by atoms with Crippen LogP contribution in [0.3, 0.4) is 0 Å². The van der Waals surface area contributed by atoms with Crippen molar-refractivity contribution in [2.75, 3.05) is 19.3 Å². The first-order chi connectivity index (χ1) is 17.6. The molecule has 1 amide bonds. The molecular formula is C28H36N2O6S. The largest absolute Gasteiger partial charge is 0.512 e. The first kappa shape index (κ1) is 26.1.